The number of benzene rings is 2. The van der Waals surface area contributed by atoms with E-state index in [-0.39, 0.29) is 18.2 Å². The number of amides is 1. The number of para-hydroxylation sites is 2. The molecule has 138 valence electrons. The maximum Gasteiger partial charge on any atom is 0.268 e. The Balaban J connectivity index is 1.85. The molecule has 1 amide bonds. The van der Waals surface area contributed by atoms with Gasteiger partial charge in [-0.2, -0.15) is 0 Å². The van der Waals surface area contributed by atoms with Gasteiger partial charge >= 0.3 is 0 Å². The standard InChI is InChI=1S/C21H19BrN2O3/c1-15(27-18-11-9-16(22)10-12-18)21(26)24(14-17-6-4-5-13-23-17)19-7-2-3-8-20(19)25/h2-13,15,25H,14H2,1H3. The fourth-order valence-corrected chi connectivity index (χ4v) is 2.88. The highest BCUT2D eigenvalue weighted by Crippen LogP contribution is 2.29. The molecule has 1 N–H and O–H groups in total. The van der Waals surface area contributed by atoms with Gasteiger partial charge in [0.15, 0.2) is 6.10 Å². The van der Waals surface area contributed by atoms with Crippen LogP contribution < -0.4 is 9.64 Å². The van der Waals surface area contributed by atoms with E-state index in [1.165, 1.54) is 4.90 Å². The van der Waals surface area contributed by atoms with Crippen molar-refractivity contribution in [3.8, 4) is 11.5 Å². The molecular formula is C21H19BrN2O3. The topological polar surface area (TPSA) is 62.7 Å². The normalized spacial score (nSPS) is 11.6. The van der Waals surface area contributed by atoms with Crippen molar-refractivity contribution in [2.75, 3.05) is 4.90 Å². The summed E-state index contributed by atoms with van der Waals surface area (Å²) in [5.74, 6) is 0.344. The Morgan fingerprint density at radius 3 is 2.48 bits per heavy atom. The van der Waals surface area contributed by atoms with Gasteiger partial charge in [0.25, 0.3) is 5.91 Å². The number of hydrogen-bond acceptors (Lipinski definition) is 4. The number of carbonyl (C=O) groups is 1. The monoisotopic (exact) mass is 426 g/mol. The fourth-order valence-electron chi connectivity index (χ4n) is 2.62. The second-order valence-electron chi connectivity index (χ2n) is 5.95. The van der Waals surface area contributed by atoms with Gasteiger partial charge in [-0.25, -0.2) is 0 Å². The zero-order valence-electron chi connectivity index (χ0n) is 14.7. The van der Waals surface area contributed by atoms with Crippen molar-refractivity contribution in [2.24, 2.45) is 0 Å². The highest BCUT2D eigenvalue weighted by atomic mass is 79.9. The molecule has 0 aliphatic rings. The molecule has 2 aromatic carbocycles. The summed E-state index contributed by atoms with van der Waals surface area (Å²) in [6.45, 7) is 1.92. The lowest BCUT2D eigenvalue weighted by atomic mass is 10.2. The van der Waals surface area contributed by atoms with Gasteiger partial charge in [-0.3, -0.25) is 14.7 Å². The van der Waals surface area contributed by atoms with E-state index in [4.69, 9.17) is 4.74 Å². The number of pyridine rings is 1. The lowest BCUT2D eigenvalue weighted by molar-refractivity contribution is -0.124. The van der Waals surface area contributed by atoms with Gasteiger partial charge in [0.1, 0.15) is 11.5 Å². The Bertz CT molecular complexity index is 901. The summed E-state index contributed by atoms with van der Waals surface area (Å²) in [7, 11) is 0. The van der Waals surface area contributed by atoms with Crippen LogP contribution in [-0.4, -0.2) is 22.1 Å². The molecule has 0 aliphatic carbocycles. The van der Waals surface area contributed by atoms with Crippen molar-refractivity contribution in [1.82, 2.24) is 4.98 Å². The van der Waals surface area contributed by atoms with Gasteiger partial charge in [0, 0.05) is 10.7 Å². The van der Waals surface area contributed by atoms with Gasteiger partial charge < -0.3 is 9.84 Å². The van der Waals surface area contributed by atoms with Crippen molar-refractivity contribution < 1.29 is 14.6 Å². The summed E-state index contributed by atoms with van der Waals surface area (Å²) in [6, 6.07) is 19.5. The van der Waals surface area contributed by atoms with Gasteiger partial charge in [-0.05, 0) is 55.5 Å². The first-order valence-corrected chi connectivity index (χ1v) is 9.25. The minimum Gasteiger partial charge on any atom is -0.506 e. The Kier molecular flexibility index (Phi) is 6.08. The number of aromatic nitrogens is 1. The summed E-state index contributed by atoms with van der Waals surface area (Å²) in [6.07, 6.45) is 0.930. The highest BCUT2D eigenvalue weighted by molar-refractivity contribution is 9.10. The molecule has 1 unspecified atom stereocenters. The first-order valence-electron chi connectivity index (χ1n) is 8.46. The zero-order chi connectivity index (χ0) is 19.2. The Labute approximate surface area is 166 Å². The molecule has 0 saturated heterocycles. The average Bonchev–Trinajstić information content (AvgIpc) is 2.69. The number of phenolic OH excluding ortho intramolecular Hbond substituents is 1. The van der Waals surface area contributed by atoms with E-state index in [1.807, 2.05) is 30.3 Å². The van der Waals surface area contributed by atoms with E-state index in [2.05, 4.69) is 20.9 Å². The molecule has 0 fully saturated rings. The lowest BCUT2D eigenvalue weighted by Gasteiger charge is -2.26. The SMILES string of the molecule is CC(Oc1ccc(Br)cc1)C(=O)N(Cc1ccccn1)c1ccccc1O. The summed E-state index contributed by atoms with van der Waals surface area (Å²) in [5.41, 5.74) is 1.13. The van der Waals surface area contributed by atoms with Crippen LogP contribution in [0.2, 0.25) is 0 Å². The minimum absolute atomic E-state index is 0.0256. The molecule has 0 saturated carbocycles. The molecule has 1 aromatic heterocycles. The molecule has 0 radical (unpaired) electrons. The zero-order valence-corrected chi connectivity index (χ0v) is 16.3. The van der Waals surface area contributed by atoms with Crippen molar-refractivity contribution in [2.45, 2.75) is 19.6 Å². The molecule has 3 aromatic rings. The van der Waals surface area contributed by atoms with Crippen LogP contribution in [0, 0.1) is 0 Å². The Morgan fingerprint density at radius 2 is 1.81 bits per heavy atom. The summed E-state index contributed by atoms with van der Waals surface area (Å²) in [4.78, 5) is 18.9. The predicted octanol–water partition coefficient (Wildman–Crippen LogP) is 4.55. The molecule has 27 heavy (non-hydrogen) atoms. The van der Waals surface area contributed by atoms with Crippen LogP contribution in [0.4, 0.5) is 5.69 Å². The lowest BCUT2D eigenvalue weighted by Crippen LogP contribution is -2.40. The van der Waals surface area contributed by atoms with Gasteiger partial charge in [0.2, 0.25) is 0 Å². The van der Waals surface area contributed by atoms with E-state index in [0.29, 0.717) is 17.1 Å². The molecule has 0 spiro atoms. The fraction of sp³-hybridized carbons (Fsp3) is 0.143. The molecule has 5 nitrogen and oxygen atoms in total. The highest BCUT2D eigenvalue weighted by Gasteiger charge is 2.26. The second-order valence-corrected chi connectivity index (χ2v) is 6.86. The van der Waals surface area contributed by atoms with Crippen molar-refractivity contribution >= 4 is 27.5 Å². The second kappa shape index (κ2) is 8.68. The van der Waals surface area contributed by atoms with E-state index < -0.39 is 6.10 Å². The maximum atomic E-state index is 13.1. The van der Waals surface area contributed by atoms with Crippen molar-refractivity contribution in [3.63, 3.8) is 0 Å². The third-order valence-corrected chi connectivity index (χ3v) is 4.49. The molecule has 0 aliphatic heterocycles. The number of rotatable bonds is 6. The molecule has 0 bridgehead atoms. The Morgan fingerprint density at radius 1 is 1.11 bits per heavy atom. The first kappa shape index (κ1) is 18.9. The maximum absolute atomic E-state index is 13.1. The van der Waals surface area contributed by atoms with E-state index in [0.717, 1.165) is 4.47 Å². The third kappa shape index (κ3) is 4.86. The van der Waals surface area contributed by atoms with Crippen LogP contribution in [0.25, 0.3) is 0 Å². The molecule has 6 heteroatoms. The van der Waals surface area contributed by atoms with E-state index >= 15 is 0 Å². The van der Waals surface area contributed by atoms with Gasteiger partial charge in [-0.15, -0.1) is 0 Å². The number of anilines is 1. The van der Waals surface area contributed by atoms with Gasteiger partial charge in [-0.1, -0.05) is 34.1 Å². The van der Waals surface area contributed by atoms with E-state index in [1.54, 1.807) is 49.5 Å². The first-order chi connectivity index (χ1) is 13.0. The van der Waals surface area contributed by atoms with Crippen molar-refractivity contribution in [1.29, 1.82) is 0 Å². The molecular weight excluding hydrogens is 408 g/mol. The largest absolute Gasteiger partial charge is 0.506 e. The molecule has 1 heterocycles. The Hall–Kier alpha value is -2.86. The number of ether oxygens (including phenoxy) is 1. The number of aromatic hydroxyl groups is 1. The number of hydrogen-bond donors (Lipinski definition) is 1. The predicted molar refractivity (Wildman–Crippen MR) is 108 cm³/mol. The smallest absolute Gasteiger partial charge is 0.268 e. The van der Waals surface area contributed by atoms with Crippen LogP contribution >= 0.6 is 15.9 Å². The van der Waals surface area contributed by atoms with Crippen LogP contribution in [0.15, 0.2) is 77.4 Å². The van der Waals surface area contributed by atoms with Crippen LogP contribution in [-0.2, 0) is 11.3 Å². The summed E-state index contributed by atoms with van der Waals surface area (Å²) in [5, 5.41) is 10.2. The van der Waals surface area contributed by atoms with Crippen LogP contribution in [0.1, 0.15) is 12.6 Å². The number of phenols is 1. The minimum atomic E-state index is -0.741. The van der Waals surface area contributed by atoms with E-state index in [9.17, 15) is 9.90 Å². The average molecular weight is 427 g/mol. The summed E-state index contributed by atoms with van der Waals surface area (Å²) >= 11 is 3.37. The third-order valence-electron chi connectivity index (χ3n) is 3.96. The van der Waals surface area contributed by atoms with Gasteiger partial charge in [0.05, 0.1) is 17.9 Å². The van der Waals surface area contributed by atoms with Crippen LogP contribution in [0.5, 0.6) is 11.5 Å². The molecule has 1 atom stereocenters. The molecule has 3 rings (SSSR count). The number of carbonyl (C=O) groups excluding carboxylic acids is 1. The number of nitrogens with zero attached hydrogens (tertiary/aromatic N) is 2. The summed E-state index contributed by atoms with van der Waals surface area (Å²) < 4.78 is 6.73. The quantitative estimate of drug-likeness (QED) is 0.627. The van der Waals surface area contributed by atoms with Crippen molar-refractivity contribution in [3.05, 3.63) is 83.1 Å². The number of halogens is 1. The van der Waals surface area contributed by atoms with Crippen LogP contribution in [0.3, 0.4) is 0 Å².